The summed E-state index contributed by atoms with van der Waals surface area (Å²) in [6.07, 6.45) is 8.29. The molecule has 20 heavy (non-hydrogen) atoms. The second-order valence-corrected chi connectivity index (χ2v) is 6.60. The minimum absolute atomic E-state index is 0.0823. The molecule has 1 saturated carbocycles. The van der Waals surface area contributed by atoms with Crippen LogP contribution < -0.4 is 5.32 Å². The van der Waals surface area contributed by atoms with Crippen LogP contribution in [0.5, 0.6) is 0 Å². The molecule has 1 aromatic carbocycles. The van der Waals surface area contributed by atoms with Crippen molar-refractivity contribution in [2.75, 3.05) is 12.8 Å². The van der Waals surface area contributed by atoms with Crippen LogP contribution in [0.25, 0.3) is 0 Å². The highest BCUT2D eigenvalue weighted by Crippen LogP contribution is 2.37. The Morgan fingerprint density at radius 2 is 2.15 bits per heavy atom. The first-order valence-electron chi connectivity index (χ1n) is 7.03. The molecule has 2 rings (SSSR count). The zero-order chi connectivity index (χ0) is 14.4. The number of nitrogens with one attached hydrogen (secondary N) is 1. The van der Waals surface area contributed by atoms with Crippen molar-refractivity contribution in [1.29, 1.82) is 5.26 Å². The lowest BCUT2D eigenvalue weighted by Gasteiger charge is -2.35. The van der Waals surface area contributed by atoms with E-state index in [2.05, 4.69) is 17.6 Å². The van der Waals surface area contributed by atoms with Crippen molar-refractivity contribution in [2.45, 2.75) is 36.9 Å². The summed E-state index contributed by atoms with van der Waals surface area (Å²) < 4.78 is 0.195. The van der Waals surface area contributed by atoms with Crippen molar-refractivity contribution < 1.29 is 4.79 Å². The second kappa shape index (κ2) is 6.81. The van der Waals surface area contributed by atoms with E-state index in [9.17, 15) is 4.79 Å². The number of carbonyl (C=O) groups is 1. The van der Waals surface area contributed by atoms with E-state index >= 15 is 0 Å². The van der Waals surface area contributed by atoms with E-state index in [1.807, 2.05) is 11.8 Å². The Morgan fingerprint density at radius 1 is 1.40 bits per heavy atom. The van der Waals surface area contributed by atoms with Crippen molar-refractivity contribution >= 4 is 17.7 Å². The summed E-state index contributed by atoms with van der Waals surface area (Å²) in [6, 6.07) is 8.91. The molecule has 0 aromatic heterocycles. The summed E-state index contributed by atoms with van der Waals surface area (Å²) in [7, 11) is 0. The van der Waals surface area contributed by atoms with Gasteiger partial charge in [-0.15, -0.1) is 0 Å². The number of hydrogen-bond donors (Lipinski definition) is 1. The monoisotopic (exact) mass is 288 g/mol. The first-order valence-corrected chi connectivity index (χ1v) is 8.25. The molecule has 4 heteroatoms. The lowest BCUT2D eigenvalue weighted by molar-refractivity contribution is 0.0947. The summed E-state index contributed by atoms with van der Waals surface area (Å²) >= 11 is 1.87. The van der Waals surface area contributed by atoms with Gasteiger partial charge in [0.1, 0.15) is 0 Å². The Bertz CT molecular complexity index is 515. The summed E-state index contributed by atoms with van der Waals surface area (Å²) in [5, 5.41) is 11.9. The molecule has 1 amide bonds. The molecule has 1 fully saturated rings. The maximum atomic E-state index is 12.2. The topological polar surface area (TPSA) is 52.9 Å². The van der Waals surface area contributed by atoms with Gasteiger partial charge in [-0.2, -0.15) is 17.0 Å². The Hall–Kier alpha value is -1.47. The quantitative estimate of drug-likeness (QED) is 0.924. The molecule has 0 radical (unpaired) electrons. The van der Waals surface area contributed by atoms with Gasteiger partial charge in [0.15, 0.2) is 0 Å². The Morgan fingerprint density at radius 3 is 2.80 bits per heavy atom. The van der Waals surface area contributed by atoms with E-state index in [4.69, 9.17) is 5.26 Å². The third-order valence-electron chi connectivity index (χ3n) is 4.02. The van der Waals surface area contributed by atoms with Gasteiger partial charge in [0.25, 0.3) is 5.91 Å². The number of carbonyl (C=O) groups excluding carboxylic acids is 1. The molecular formula is C16H20N2OS. The van der Waals surface area contributed by atoms with Crippen LogP contribution in [-0.4, -0.2) is 23.5 Å². The Kier molecular flexibility index (Phi) is 5.08. The third-order valence-corrected chi connectivity index (χ3v) is 5.44. The van der Waals surface area contributed by atoms with E-state index < -0.39 is 0 Å². The number of nitrogens with zero attached hydrogens (tertiary/aromatic N) is 1. The van der Waals surface area contributed by atoms with Gasteiger partial charge in [-0.25, -0.2) is 0 Å². The number of hydrogen-bond acceptors (Lipinski definition) is 3. The van der Waals surface area contributed by atoms with Gasteiger partial charge in [0.05, 0.1) is 11.6 Å². The lowest BCUT2D eigenvalue weighted by Crippen LogP contribution is -2.41. The molecule has 1 N–H and O–H groups in total. The molecule has 0 unspecified atom stereocenters. The smallest absolute Gasteiger partial charge is 0.251 e. The van der Waals surface area contributed by atoms with E-state index in [1.165, 1.54) is 32.1 Å². The number of thioether (sulfide) groups is 1. The number of nitriles is 1. The van der Waals surface area contributed by atoms with Crippen LogP contribution in [-0.2, 0) is 0 Å². The third kappa shape index (κ3) is 3.55. The largest absolute Gasteiger partial charge is 0.351 e. The number of rotatable bonds is 4. The predicted octanol–water partition coefficient (Wildman–Crippen LogP) is 3.35. The maximum absolute atomic E-state index is 12.2. The van der Waals surface area contributed by atoms with Crippen LogP contribution in [0.4, 0.5) is 0 Å². The minimum Gasteiger partial charge on any atom is -0.351 e. The average molecular weight is 288 g/mol. The highest BCUT2D eigenvalue weighted by atomic mass is 32.2. The van der Waals surface area contributed by atoms with Crippen LogP contribution in [0, 0.1) is 11.3 Å². The zero-order valence-corrected chi connectivity index (χ0v) is 12.6. The Balaban J connectivity index is 1.99. The van der Waals surface area contributed by atoms with E-state index in [0.29, 0.717) is 17.7 Å². The molecule has 106 valence electrons. The molecule has 1 aliphatic rings. The standard InChI is InChI=1S/C16H20N2OS/c1-20-16(8-3-2-4-9-16)12-18-15(19)14-7-5-6-13(10-14)11-17/h5-7,10H,2-4,8-9,12H2,1H3,(H,18,19). The van der Waals surface area contributed by atoms with E-state index in [0.717, 1.165) is 0 Å². The highest BCUT2D eigenvalue weighted by Gasteiger charge is 2.31. The molecule has 0 aliphatic heterocycles. The van der Waals surface area contributed by atoms with Crippen LogP contribution in [0.15, 0.2) is 24.3 Å². The fraction of sp³-hybridized carbons (Fsp3) is 0.500. The average Bonchev–Trinajstić information content (AvgIpc) is 2.53. The second-order valence-electron chi connectivity index (χ2n) is 5.32. The SMILES string of the molecule is CSC1(CNC(=O)c2cccc(C#N)c2)CCCCC1. The first-order chi connectivity index (χ1) is 9.69. The normalized spacial score (nSPS) is 17.2. The predicted molar refractivity (Wildman–Crippen MR) is 82.8 cm³/mol. The van der Waals surface area contributed by atoms with Gasteiger partial charge < -0.3 is 5.32 Å². The molecule has 0 saturated heterocycles. The molecule has 0 spiro atoms. The van der Waals surface area contributed by atoms with Crippen molar-refractivity contribution in [2.24, 2.45) is 0 Å². The summed E-state index contributed by atoms with van der Waals surface area (Å²) in [6.45, 7) is 0.712. The molecule has 1 aliphatic carbocycles. The van der Waals surface area contributed by atoms with Gasteiger partial charge in [-0.1, -0.05) is 25.3 Å². The molecule has 0 atom stereocenters. The molecule has 3 nitrogen and oxygen atoms in total. The van der Waals surface area contributed by atoms with Gasteiger partial charge in [0, 0.05) is 16.9 Å². The minimum atomic E-state index is -0.0823. The highest BCUT2D eigenvalue weighted by molar-refractivity contribution is 8.00. The van der Waals surface area contributed by atoms with Crippen molar-refractivity contribution in [3.63, 3.8) is 0 Å². The van der Waals surface area contributed by atoms with E-state index in [-0.39, 0.29) is 10.7 Å². The van der Waals surface area contributed by atoms with Gasteiger partial charge in [0.2, 0.25) is 0 Å². The molecule has 0 bridgehead atoms. The van der Waals surface area contributed by atoms with Crippen LogP contribution in [0.2, 0.25) is 0 Å². The fourth-order valence-electron chi connectivity index (χ4n) is 2.72. The molecular weight excluding hydrogens is 268 g/mol. The van der Waals surface area contributed by atoms with Gasteiger partial charge in [-0.05, 0) is 37.3 Å². The summed E-state index contributed by atoms with van der Waals surface area (Å²) in [4.78, 5) is 12.2. The van der Waals surface area contributed by atoms with Gasteiger partial charge >= 0.3 is 0 Å². The zero-order valence-electron chi connectivity index (χ0n) is 11.8. The van der Waals surface area contributed by atoms with Crippen molar-refractivity contribution in [3.05, 3.63) is 35.4 Å². The van der Waals surface area contributed by atoms with Crippen LogP contribution >= 0.6 is 11.8 Å². The van der Waals surface area contributed by atoms with Gasteiger partial charge in [-0.3, -0.25) is 4.79 Å². The number of amides is 1. The molecule has 1 aromatic rings. The van der Waals surface area contributed by atoms with Crippen LogP contribution in [0.3, 0.4) is 0 Å². The van der Waals surface area contributed by atoms with Crippen molar-refractivity contribution in [1.82, 2.24) is 5.32 Å². The summed E-state index contributed by atoms with van der Waals surface area (Å²) in [5.74, 6) is -0.0823. The van der Waals surface area contributed by atoms with Crippen LogP contribution in [0.1, 0.15) is 48.0 Å². The number of benzene rings is 1. The molecule has 0 heterocycles. The fourth-order valence-corrected chi connectivity index (χ4v) is 3.64. The lowest BCUT2D eigenvalue weighted by atomic mass is 9.88. The van der Waals surface area contributed by atoms with Crippen molar-refractivity contribution in [3.8, 4) is 6.07 Å². The maximum Gasteiger partial charge on any atom is 0.251 e. The Labute approximate surface area is 124 Å². The van der Waals surface area contributed by atoms with E-state index in [1.54, 1.807) is 24.3 Å². The summed E-state index contributed by atoms with van der Waals surface area (Å²) in [5.41, 5.74) is 1.09. The first kappa shape index (κ1) is 14.9.